The summed E-state index contributed by atoms with van der Waals surface area (Å²) in [5, 5.41) is 2.94. The first kappa shape index (κ1) is 23.4. The molecule has 1 N–H and O–H groups in total. The smallest absolute Gasteiger partial charge is 0.242 e. The topological polar surface area (TPSA) is 58.6 Å². The molecule has 162 valence electrons. The van der Waals surface area contributed by atoms with E-state index < -0.39 is 6.04 Å². The van der Waals surface area contributed by atoms with E-state index in [9.17, 15) is 14.0 Å². The second-order valence-corrected chi connectivity index (χ2v) is 7.74. The number of rotatable bonds is 10. The minimum absolute atomic E-state index is 0.0954. The van der Waals surface area contributed by atoms with E-state index in [4.69, 9.17) is 4.74 Å². The maximum absolute atomic E-state index is 13.2. The van der Waals surface area contributed by atoms with Crippen molar-refractivity contribution in [2.24, 2.45) is 5.92 Å². The van der Waals surface area contributed by atoms with Gasteiger partial charge in [-0.1, -0.05) is 45.0 Å². The monoisotopic (exact) mass is 414 g/mol. The van der Waals surface area contributed by atoms with Crippen molar-refractivity contribution in [2.75, 3.05) is 13.7 Å². The first-order chi connectivity index (χ1) is 14.3. The SMILES string of the molecule is CC[C@@H](C(=O)NCC(C)C)N(Cc1cccc(OC)c1)C(=O)Cc1ccc(F)cc1. The van der Waals surface area contributed by atoms with Crippen molar-refractivity contribution in [3.63, 3.8) is 0 Å². The van der Waals surface area contributed by atoms with Crippen LogP contribution in [0.5, 0.6) is 5.75 Å². The molecular formula is C24H31FN2O3. The van der Waals surface area contributed by atoms with E-state index in [0.29, 0.717) is 30.2 Å². The molecule has 0 aliphatic carbocycles. The molecule has 5 nitrogen and oxygen atoms in total. The van der Waals surface area contributed by atoms with Crippen LogP contribution in [-0.4, -0.2) is 36.4 Å². The van der Waals surface area contributed by atoms with E-state index in [-0.39, 0.29) is 30.6 Å². The Morgan fingerprint density at radius 2 is 1.80 bits per heavy atom. The quantitative estimate of drug-likeness (QED) is 0.640. The van der Waals surface area contributed by atoms with Gasteiger partial charge < -0.3 is 15.0 Å². The minimum Gasteiger partial charge on any atom is -0.497 e. The molecule has 0 aliphatic heterocycles. The summed E-state index contributed by atoms with van der Waals surface area (Å²) in [5.74, 6) is 0.306. The van der Waals surface area contributed by atoms with E-state index in [1.165, 1.54) is 12.1 Å². The average Bonchev–Trinajstić information content (AvgIpc) is 2.73. The van der Waals surface area contributed by atoms with Crippen molar-refractivity contribution in [2.45, 2.75) is 46.2 Å². The molecule has 0 spiro atoms. The molecule has 0 unspecified atom stereocenters. The van der Waals surface area contributed by atoms with E-state index in [1.807, 2.05) is 45.0 Å². The largest absolute Gasteiger partial charge is 0.497 e. The van der Waals surface area contributed by atoms with Gasteiger partial charge in [0, 0.05) is 13.1 Å². The number of nitrogens with one attached hydrogen (secondary N) is 1. The molecule has 0 aliphatic rings. The first-order valence-electron chi connectivity index (χ1n) is 10.3. The van der Waals surface area contributed by atoms with Crippen LogP contribution in [0.2, 0.25) is 0 Å². The molecule has 0 bridgehead atoms. The standard InChI is InChI=1S/C24H31FN2O3/c1-5-22(24(29)26-15-17(2)3)27(16-19-7-6-8-21(13-19)30-4)23(28)14-18-9-11-20(25)12-10-18/h6-13,17,22H,5,14-16H2,1-4H3,(H,26,29)/t22-/m0/s1. The molecular weight excluding hydrogens is 383 g/mol. The van der Waals surface area contributed by atoms with E-state index in [0.717, 1.165) is 5.56 Å². The zero-order valence-corrected chi connectivity index (χ0v) is 18.2. The molecule has 30 heavy (non-hydrogen) atoms. The second-order valence-electron chi connectivity index (χ2n) is 7.74. The van der Waals surface area contributed by atoms with Gasteiger partial charge in [0.1, 0.15) is 17.6 Å². The van der Waals surface area contributed by atoms with Crippen molar-refractivity contribution in [1.82, 2.24) is 10.2 Å². The maximum Gasteiger partial charge on any atom is 0.242 e. The summed E-state index contributed by atoms with van der Waals surface area (Å²) in [5.41, 5.74) is 1.58. The number of hydrogen-bond acceptors (Lipinski definition) is 3. The molecule has 1 atom stereocenters. The van der Waals surface area contributed by atoms with Gasteiger partial charge in [0.2, 0.25) is 11.8 Å². The van der Waals surface area contributed by atoms with Crippen molar-refractivity contribution in [3.05, 3.63) is 65.5 Å². The molecule has 0 saturated heterocycles. The molecule has 6 heteroatoms. The molecule has 0 heterocycles. The van der Waals surface area contributed by atoms with Crippen LogP contribution in [-0.2, 0) is 22.6 Å². The summed E-state index contributed by atoms with van der Waals surface area (Å²) < 4.78 is 18.5. The highest BCUT2D eigenvalue weighted by Gasteiger charge is 2.28. The van der Waals surface area contributed by atoms with Crippen LogP contribution in [0.1, 0.15) is 38.3 Å². The number of carbonyl (C=O) groups excluding carboxylic acids is 2. The summed E-state index contributed by atoms with van der Waals surface area (Å²) in [6.07, 6.45) is 0.585. The van der Waals surface area contributed by atoms with Crippen LogP contribution < -0.4 is 10.1 Å². The Balaban J connectivity index is 2.27. The predicted molar refractivity (Wildman–Crippen MR) is 116 cm³/mol. The normalized spacial score (nSPS) is 11.8. The average molecular weight is 415 g/mol. The highest BCUT2D eigenvalue weighted by Crippen LogP contribution is 2.18. The molecule has 0 aromatic heterocycles. The summed E-state index contributed by atoms with van der Waals surface area (Å²) in [4.78, 5) is 27.7. The number of halogens is 1. The summed E-state index contributed by atoms with van der Waals surface area (Å²) in [6, 6.07) is 12.7. The van der Waals surface area contributed by atoms with Crippen molar-refractivity contribution < 1.29 is 18.7 Å². The van der Waals surface area contributed by atoms with Crippen LogP contribution >= 0.6 is 0 Å². The lowest BCUT2D eigenvalue weighted by molar-refractivity contribution is -0.141. The van der Waals surface area contributed by atoms with Gasteiger partial charge in [-0.3, -0.25) is 9.59 Å². The Bertz CT molecular complexity index is 837. The summed E-state index contributed by atoms with van der Waals surface area (Å²) >= 11 is 0. The molecule has 0 radical (unpaired) electrons. The third-order valence-electron chi connectivity index (χ3n) is 4.83. The number of hydrogen-bond donors (Lipinski definition) is 1. The van der Waals surface area contributed by atoms with Gasteiger partial charge in [-0.25, -0.2) is 4.39 Å². The molecule has 0 saturated carbocycles. The fourth-order valence-electron chi connectivity index (χ4n) is 3.19. The lowest BCUT2D eigenvalue weighted by Crippen LogP contribution is -2.50. The fraction of sp³-hybridized carbons (Fsp3) is 0.417. The molecule has 0 fully saturated rings. The van der Waals surface area contributed by atoms with Crippen molar-refractivity contribution in [3.8, 4) is 5.75 Å². The summed E-state index contributed by atoms with van der Waals surface area (Å²) in [6.45, 7) is 6.77. The van der Waals surface area contributed by atoms with Gasteiger partial charge in [-0.05, 0) is 47.7 Å². The Labute approximate surface area is 178 Å². The van der Waals surface area contributed by atoms with E-state index >= 15 is 0 Å². The molecule has 2 aromatic carbocycles. The lowest BCUT2D eigenvalue weighted by Gasteiger charge is -2.31. The van der Waals surface area contributed by atoms with Gasteiger partial charge in [0.15, 0.2) is 0 Å². The van der Waals surface area contributed by atoms with Crippen LogP contribution in [0.3, 0.4) is 0 Å². The van der Waals surface area contributed by atoms with Gasteiger partial charge in [-0.2, -0.15) is 0 Å². The molecule has 2 aromatic rings. The zero-order chi connectivity index (χ0) is 22.1. The van der Waals surface area contributed by atoms with E-state index in [2.05, 4.69) is 5.32 Å². The van der Waals surface area contributed by atoms with Gasteiger partial charge in [0.05, 0.1) is 13.5 Å². The van der Waals surface area contributed by atoms with Gasteiger partial charge in [0.25, 0.3) is 0 Å². The van der Waals surface area contributed by atoms with Crippen LogP contribution in [0, 0.1) is 11.7 Å². The number of benzene rings is 2. The number of nitrogens with zero attached hydrogens (tertiary/aromatic N) is 1. The summed E-state index contributed by atoms with van der Waals surface area (Å²) in [7, 11) is 1.59. The van der Waals surface area contributed by atoms with Crippen molar-refractivity contribution >= 4 is 11.8 Å². The number of amides is 2. The number of ether oxygens (including phenoxy) is 1. The van der Waals surface area contributed by atoms with Crippen LogP contribution in [0.15, 0.2) is 48.5 Å². The predicted octanol–water partition coefficient (Wildman–Crippen LogP) is 3.96. The Morgan fingerprint density at radius 1 is 1.10 bits per heavy atom. The Kier molecular flexibility index (Phi) is 8.84. The van der Waals surface area contributed by atoms with Crippen molar-refractivity contribution in [1.29, 1.82) is 0 Å². The molecule has 2 rings (SSSR count). The number of methoxy groups -OCH3 is 1. The van der Waals surface area contributed by atoms with Crippen LogP contribution in [0.4, 0.5) is 4.39 Å². The maximum atomic E-state index is 13.2. The zero-order valence-electron chi connectivity index (χ0n) is 18.2. The Morgan fingerprint density at radius 3 is 2.40 bits per heavy atom. The van der Waals surface area contributed by atoms with Gasteiger partial charge >= 0.3 is 0 Å². The first-order valence-corrected chi connectivity index (χ1v) is 10.3. The minimum atomic E-state index is -0.595. The van der Waals surface area contributed by atoms with Gasteiger partial charge in [-0.15, -0.1) is 0 Å². The third-order valence-corrected chi connectivity index (χ3v) is 4.83. The second kappa shape index (κ2) is 11.3. The van der Waals surface area contributed by atoms with Crippen LogP contribution in [0.25, 0.3) is 0 Å². The van der Waals surface area contributed by atoms with E-state index in [1.54, 1.807) is 24.1 Å². The number of carbonyl (C=O) groups is 2. The Hall–Kier alpha value is -2.89. The fourth-order valence-corrected chi connectivity index (χ4v) is 3.19. The highest BCUT2D eigenvalue weighted by molar-refractivity contribution is 5.88. The molecule has 2 amide bonds. The lowest BCUT2D eigenvalue weighted by atomic mass is 10.1. The highest BCUT2D eigenvalue weighted by atomic mass is 19.1. The third kappa shape index (κ3) is 6.87.